The van der Waals surface area contributed by atoms with Gasteiger partial charge >= 0.3 is 0 Å². The maximum Gasteiger partial charge on any atom is 0.0787 e. The van der Waals surface area contributed by atoms with Crippen molar-refractivity contribution >= 4 is 5.69 Å². The van der Waals surface area contributed by atoms with Gasteiger partial charge in [-0.25, -0.2) is 0 Å². The second kappa shape index (κ2) is 7.13. The third kappa shape index (κ3) is 4.23. The highest BCUT2D eigenvalue weighted by Gasteiger charge is 2.05. The predicted molar refractivity (Wildman–Crippen MR) is 74.4 cm³/mol. The van der Waals surface area contributed by atoms with Gasteiger partial charge < -0.3 is 10.0 Å². The summed E-state index contributed by atoms with van der Waals surface area (Å²) in [5, 5.41) is 9.71. The first-order valence-electron chi connectivity index (χ1n) is 6.29. The van der Waals surface area contributed by atoms with Gasteiger partial charge in [-0.1, -0.05) is 25.1 Å². The van der Waals surface area contributed by atoms with E-state index in [-0.39, 0.29) is 6.10 Å². The highest BCUT2D eigenvalue weighted by atomic mass is 16.3. The number of allylic oxidation sites excluding steroid dienone is 1. The van der Waals surface area contributed by atoms with Gasteiger partial charge in [-0.3, -0.25) is 0 Å². The lowest BCUT2D eigenvalue weighted by atomic mass is 10.1. The van der Waals surface area contributed by atoms with Crippen LogP contribution in [0.3, 0.4) is 0 Å². The number of anilines is 1. The summed E-state index contributed by atoms with van der Waals surface area (Å²) < 4.78 is 0. The van der Waals surface area contributed by atoms with E-state index in [9.17, 15) is 5.11 Å². The van der Waals surface area contributed by atoms with Crippen LogP contribution >= 0.6 is 0 Å². The fraction of sp³-hybridized carbons (Fsp3) is 0.467. The molecule has 94 valence electrons. The molecule has 0 aliphatic carbocycles. The van der Waals surface area contributed by atoms with Crippen LogP contribution in [0.5, 0.6) is 0 Å². The zero-order valence-corrected chi connectivity index (χ0v) is 10.9. The maximum atomic E-state index is 9.71. The van der Waals surface area contributed by atoms with Crippen LogP contribution in [-0.2, 0) is 0 Å². The average molecular weight is 233 g/mol. The fourth-order valence-corrected chi connectivity index (χ4v) is 1.79. The molecule has 0 spiro atoms. The number of aliphatic hydroxyl groups is 1. The van der Waals surface area contributed by atoms with Crippen molar-refractivity contribution in [3.05, 3.63) is 42.5 Å². The molecule has 0 saturated heterocycles. The molecule has 2 nitrogen and oxygen atoms in total. The highest BCUT2D eigenvalue weighted by molar-refractivity contribution is 5.47. The topological polar surface area (TPSA) is 23.5 Å². The van der Waals surface area contributed by atoms with E-state index in [0.717, 1.165) is 31.4 Å². The number of rotatable bonds is 7. The third-order valence-corrected chi connectivity index (χ3v) is 3.01. The minimum atomic E-state index is -0.338. The fourth-order valence-electron chi connectivity index (χ4n) is 1.79. The standard InChI is InChI=1S/C15H23NO/c1-4-6-7-12-16(3)14-10-8-13(9-11-14)15(17)5-2/h4,8-11,15,17H,1,5-7,12H2,2-3H3/t15-/m1/s1. The molecule has 1 atom stereocenters. The summed E-state index contributed by atoms with van der Waals surface area (Å²) >= 11 is 0. The first-order chi connectivity index (χ1) is 8.19. The van der Waals surface area contributed by atoms with Crippen molar-refractivity contribution in [2.75, 3.05) is 18.5 Å². The molecule has 0 saturated carbocycles. The van der Waals surface area contributed by atoms with E-state index in [0.29, 0.717) is 0 Å². The molecule has 0 bridgehead atoms. The van der Waals surface area contributed by atoms with Crippen molar-refractivity contribution in [3.8, 4) is 0 Å². The number of unbranched alkanes of at least 4 members (excludes halogenated alkanes) is 1. The van der Waals surface area contributed by atoms with Crippen molar-refractivity contribution in [1.29, 1.82) is 0 Å². The Morgan fingerprint density at radius 1 is 1.35 bits per heavy atom. The number of aliphatic hydroxyl groups excluding tert-OH is 1. The van der Waals surface area contributed by atoms with Gasteiger partial charge in [0.15, 0.2) is 0 Å². The summed E-state index contributed by atoms with van der Waals surface area (Å²) in [7, 11) is 2.09. The quantitative estimate of drug-likeness (QED) is 0.575. The first kappa shape index (κ1) is 13.8. The van der Waals surface area contributed by atoms with E-state index in [1.165, 1.54) is 5.69 Å². The van der Waals surface area contributed by atoms with Gasteiger partial charge in [-0.15, -0.1) is 6.58 Å². The smallest absolute Gasteiger partial charge is 0.0787 e. The highest BCUT2D eigenvalue weighted by Crippen LogP contribution is 2.20. The second-order valence-corrected chi connectivity index (χ2v) is 4.37. The molecule has 1 rings (SSSR count). The zero-order valence-electron chi connectivity index (χ0n) is 10.9. The van der Waals surface area contributed by atoms with Crippen molar-refractivity contribution in [3.63, 3.8) is 0 Å². The number of hydrogen-bond acceptors (Lipinski definition) is 2. The summed E-state index contributed by atoms with van der Waals surface area (Å²) in [5.74, 6) is 0. The minimum absolute atomic E-state index is 0.338. The van der Waals surface area contributed by atoms with E-state index in [1.807, 2.05) is 25.1 Å². The van der Waals surface area contributed by atoms with Crippen molar-refractivity contribution in [1.82, 2.24) is 0 Å². The van der Waals surface area contributed by atoms with Crippen molar-refractivity contribution in [2.24, 2.45) is 0 Å². The summed E-state index contributed by atoms with van der Waals surface area (Å²) in [6.45, 7) is 6.74. The summed E-state index contributed by atoms with van der Waals surface area (Å²) in [6, 6.07) is 8.16. The van der Waals surface area contributed by atoms with Crippen LogP contribution < -0.4 is 4.90 Å². The van der Waals surface area contributed by atoms with Crippen molar-refractivity contribution < 1.29 is 5.11 Å². The molecule has 2 heteroatoms. The Kier molecular flexibility index (Phi) is 5.78. The summed E-state index contributed by atoms with van der Waals surface area (Å²) in [4.78, 5) is 2.23. The van der Waals surface area contributed by atoms with Gasteiger partial charge in [0.2, 0.25) is 0 Å². The zero-order chi connectivity index (χ0) is 12.7. The van der Waals surface area contributed by atoms with Crippen LogP contribution in [0.2, 0.25) is 0 Å². The molecule has 17 heavy (non-hydrogen) atoms. The number of nitrogens with zero attached hydrogens (tertiary/aromatic N) is 1. The average Bonchev–Trinajstić information content (AvgIpc) is 2.38. The molecular weight excluding hydrogens is 210 g/mol. The van der Waals surface area contributed by atoms with Crippen LogP contribution in [0.25, 0.3) is 0 Å². The minimum Gasteiger partial charge on any atom is -0.388 e. The van der Waals surface area contributed by atoms with E-state index in [4.69, 9.17) is 0 Å². The van der Waals surface area contributed by atoms with E-state index < -0.39 is 0 Å². The summed E-state index contributed by atoms with van der Waals surface area (Å²) in [5.41, 5.74) is 2.19. The summed E-state index contributed by atoms with van der Waals surface area (Å²) in [6.07, 6.45) is 4.55. The van der Waals surface area contributed by atoms with Crippen molar-refractivity contribution in [2.45, 2.75) is 32.3 Å². The monoisotopic (exact) mass is 233 g/mol. The first-order valence-corrected chi connectivity index (χ1v) is 6.29. The Balaban J connectivity index is 2.57. The van der Waals surface area contributed by atoms with Crippen LogP contribution in [0.4, 0.5) is 5.69 Å². The Morgan fingerprint density at radius 2 is 2.00 bits per heavy atom. The molecule has 1 aromatic carbocycles. The molecule has 0 amide bonds. The second-order valence-electron chi connectivity index (χ2n) is 4.37. The number of benzene rings is 1. The Labute approximate surface area is 105 Å². The Hall–Kier alpha value is -1.28. The lowest BCUT2D eigenvalue weighted by molar-refractivity contribution is 0.173. The predicted octanol–water partition coefficient (Wildman–Crippen LogP) is 3.53. The van der Waals surface area contributed by atoms with Crippen LogP contribution in [0.15, 0.2) is 36.9 Å². The Bertz CT molecular complexity index is 331. The molecule has 0 radical (unpaired) electrons. The SMILES string of the molecule is C=CCCCN(C)c1ccc([C@H](O)CC)cc1. The largest absolute Gasteiger partial charge is 0.388 e. The van der Waals surface area contributed by atoms with Gasteiger partial charge in [0.05, 0.1) is 6.10 Å². The molecule has 0 fully saturated rings. The molecule has 0 aliphatic rings. The lowest BCUT2D eigenvalue weighted by Gasteiger charge is -2.19. The van der Waals surface area contributed by atoms with Gasteiger partial charge in [0.25, 0.3) is 0 Å². The van der Waals surface area contributed by atoms with E-state index in [2.05, 4.69) is 30.7 Å². The molecule has 1 N–H and O–H groups in total. The van der Waals surface area contributed by atoms with Gasteiger partial charge in [0, 0.05) is 19.3 Å². The van der Waals surface area contributed by atoms with E-state index >= 15 is 0 Å². The van der Waals surface area contributed by atoms with Gasteiger partial charge in [-0.05, 0) is 37.0 Å². The number of hydrogen-bond donors (Lipinski definition) is 1. The molecule has 0 unspecified atom stereocenters. The molecule has 1 aromatic rings. The Morgan fingerprint density at radius 3 is 2.53 bits per heavy atom. The lowest BCUT2D eigenvalue weighted by Crippen LogP contribution is -2.18. The molecule has 0 aromatic heterocycles. The van der Waals surface area contributed by atoms with Crippen LogP contribution in [-0.4, -0.2) is 18.7 Å². The maximum absolute atomic E-state index is 9.71. The third-order valence-electron chi connectivity index (χ3n) is 3.01. The molecule has 0 aliphatic heterocycles. The van der Waals surface area contributed by atoms with Gasteiger partial charge in [-0.2, -0.15) is 0 Å². The molecular formula is C15H23NO. The van der Waals surface area contributed by atoms with Crippen LogP contribution in [0.1, 0.15) is 37.9 Å². The van der Waals surface area contributed by atoms with Gasteiger partial charge in [0.1, 0.15) is 0 Å². The van der Waals surface area contributed by atoms with E-state index in [1.54, 1.807) is 0 Å². The normalized spacial score (nSPS) is 12.2. The van der Waals surface area contributed by atoms with Crippen LogP contribution in [0, 0.1) is 0 Å². The molecule has 0 heterocycles.